The molecule has 0 atom stereocenters. The summed E-state index contributed by atoms with van der Waals surface area (Å²) in [5, 5.41) is 11.9. The zero-order valence-electron chi connectivity index (χ0n) is 11.7. The van der Waals surface area contributed by atoms with E-state index >= 15 is 0 Å². The first-order valence-corrected chi connectivity index (χ1v) is 6.50. The van der Waals surface area contributed by atoms with Crippen LogP contribution in [0.1, 0.15) is 21.5 Å². The summed E-state index contributed by atoms with van der Waals surface area (Å²) >= 11 is 0. The molecule has 0 bridgehead atoms. The maximum absolute atomic E-state index is 11.3. The van der Waals surface area contributed by atoms with Crippen LogP contribution in [0, 0.1) is 11.3 Å². The predicted octanol–water partition coefficient (Wildman–Crippen LogP) is 2.39. The lowest BCUT2D eigenvalue weighted by Crippen LogP contribution is -2.07. The molecule has 0 fully saturated rings. The van der Waals surface area contributed by atoms with Crippen LogP contribution in [0.15, 0.2) is 42.6 Å². The number of hydrogen-bond acceptors (Lipinski definition) is 5. The molecule has 0 saturated heterocycles. The highest BCUT2D eigenvalue weighted by Gasteiger charge is 2.04. The number of nitriles is 1. The minimum atomic E-state index is -0.332. The number of carbonyl (C=O) groups is 1. The number of anilines is 1. The maximum Gasteiger partial charge on any atom is 0.337 e. The first-order chi connectivity index (χ1) is 10.2. The Labute approximate surface area is 123 Å². The number of benzene rings is 1. The molecule has 0 aliphatic rings. The topological polar surface area (TPSA) is 75.0 Å². The second kappa shape index (κ2) is 7.06. The third-order valence-corrected chi connectivity index (χ3v) is 2.99. The van der Waals surface area contributed by atoms with E-state index in [4.69, 9.17) is 5.26 Å². The number of methoxy groups -OCH3 is 1. The summed E-state index contributed by atoms with van der Waals surface area (Å²) in [6, 6.07) is 12.8. The van der Waals surface area contributed by atoms with E-state index in [0.29, 0.717) is 11.1 Å². The van der Waals surface area contributed by atoms with Crippen LogP contribution in [0.2, 0.25) is 0 Å². The van der Waals surface area contributed by atoms with Crippen molar-refractivity contribution in [2.24, 2.45) is 0 Å². The number of hydrogen-bond donors (Lipinski definition) is 1. The Morgan fingerprint density at radius 3 is 2.62 bits per heavy atom. The largest absolute Gasteiger partial charge is 0.465 e. The van der Waals surface area contributed by atoms with Crippen LogP contribution in [-0.4, -0.2) is 24.6 Å². The van der Waals surface area contributed by atoms with Gasteiger partial charge in [0.2, 0.25) is 0 Å². The van der Waals surface area contributed by atoms with Crippen molar-refractivity contribution in [3.63, 3.8) is 0 Å². The number of ether oxygens (including phenoxy) is 1. The SMILES string of the molecule is COC(=O)c1ccc(CCNc2ccc(C#N)cn2)cc1. The van der Waals surface area contributed by atoms with Crippen molar-refractivity contribution in [3.05, 3.63) is 59.3 Å². The zero-order chi connectivity index (χ0) is 15.1. The van der Waals surface area contributed by atoms with E-state index in [1.165, 1.54) is 13.3 Å². The molecule has 0 spiro atoms. The highest BCUT2D eigenvalue weighted by molar-refractivity contribution is 5.89. The van der Waals surface area contributed by atoms with E-state index in [9.17, 15) is 4.79 Å². The average Bonchev–Trinajstić information content (AvgIpc) is 2.55. The van der Waals surface area contributed by atoms with Crippen molar-refractivity contribution in [2.45, 2.75) is 6.42 Å². The number of esters is 1. The van der Waals surface area contributed by atoms with Crippen LogP contribution in [-0.2, 0) is 11.2 Å². The van der Waals surface area contributed by atoms with E-state index in [1.54, 1.807) is 24.3 Å². The van der Waals surface area contributed by atoms with Crippen LogP contribution in [0.3, 0.4) is 0 Å². The molecule has 2 aromatic rings. The molecule has 106 valence electrons. The summed E-state index contributed by atoms with van der Waals surface area (Å²) in [6.07, 6.45) is 2.34. The fraction of sp³-hybridized carbons (Fsp3) is 0.188. The number of carbonyl (C=O) groups excluding carboxylic acids is 1. The Morgan fingerprint density at radius 1 is 1.29 bits per heavy atom. The van der Waals surface area contributed by atoms with Crippen LogP contribution in [0.4, 0.5) is 5.82 Å². The van der Waals surface area contributed by atoms with Crippen molar-refractivity contribution >= 4 is 11.8 Å². The van der Waals surface area contributed by atoms with Gasteiger partial charge in [0.05, 0.1) is 18.2 Å². The standard InChI is InChI=1S/C16H15N3O2/c1-21-16(20)14-5-2-12(3-6-14)8-9-18-15-7-4-13(10-17)11-19-15/h2-7,11H,8-9H2,1H3,(H,18,19). The monoisotopic (exact) mass is 281 g/mol. The first-order valence-electron chi connectivity index (χ1n) is 6.50. The highest BCUT2D eigenvalue weighted by atomic mass is 16.5. The van der Waals surface area contributed by atoms with Crippen LogP contribution in [0.25, 0.3) is 0 Å². The summed E-state index contributed by atoms with van der Waals surface area (Å²) in [4.78, 5) is 15.4. The molecule has 0 aliphatic heterocycles. The zero-order valence-corrected chi connectivity index (χ0v) is 11.7. The molecule has 1 aromatic carbocycles. The van der Waals surface area contributed by atoms with E-state index in [2.05, 4.69) is 15.0 Å². The second-order valence-electron chi connectivity index (χ2n) is 4.41. The lowest BCUT2D eigenvalue weighted by molar-refractivity contribution is 0.0600. The maximum atomic E-state index is 11.3. The number of nitrogens with zero attached hydrogens (tertiary/aromatic N) is 2. The van der Waals surface area contributed by atoms with Gasteiger partial charge in [-0.2, -0.15) is 5.26 Å². The summed E-state index contributed by atoms with van der Waals surface area (Å²) in [7, 11) is 1.37. The molecule has 0 radical (unpaired) electrons. The molecule has 1 aromatic heterocycles. The van der Waals surface area contributed by atoms with Crippen LogP contribution in [0.5, 0.6) is 0 Å². The van der Waals surface area contributed by atoms with E-state index in [0.717, 1.165) is 24.3 Å². The Bertz CT molecular complexity index is 643. The van der Waals surface area contributed by atoms with E-state index in [-0.39, 0.29) is 5.97 Å². The number of pyridine rings is 1. The van der Waals surface area contributed by atoms with Gasteiger partial charge < -0.3 is 10.1 Å². The van der Waals surface area contributed by atoms with Gasteiger partial charge in [-0.05, 0) is 36.2 Å². The van der Waals surface area contributed by atoms with E-state index in [1.807, 2.05) is 18.2 Å². The van der Waals surface area contributed by atoms with Gasteiger partial charge in [-0.1, -0.05) is 12.1 Å². The van der Waals surface area contributed by atoms with Gasteiger partial charge in [0.25, 0.3) is 0 Å². The Kier molecular flexibility index (Phi) is 4.89. The van der Waals surface area contributed by atoms with Gasteiger partial charge in [0.15, 0.2) is 0 Å². The first kappa shape index (κ1) is 14.5. The number of rotatable bonds is 5. The molecule has 0 unspecified atom stereocenters. The number of aromatic nitrogens is 1. The lowest BCUT2D eigenvalue weighted by atomic mass is 10.1. The third-order valence-electron chi connectivity index (χ3n) is 2.99. The predicted molar refractivity (Wildman–Crippen MR) is 78.9 cm³/mol. The molecular weight excluding hydrogens is 266 g/mol. The van der Waals surface area contributed by atoms with Crippen molar-refractivity contribution in [3.8, 4) is 6.07 Å². The summed E-state index contributed by atoms with van der Waals surface area (Å²) < 4.78 is 4.65. The average molecular weight is 281 g/mol. The van der Waals surface area contributed by atoms with Gasteiger partial charge in [-0.15, -0.1) is 0 Å². The van der Waals surface area contributed by atoms with Crippen molar-refractivity contribution in [2.75, 3.05) is 19.0 Å². The Morgan fingerprint density at radius 2 is 2.05 bits per heavy atom. The summed E-state index contributed by atoms with van der Waals surface area (Å²) in [5.74, 6) is 0.404. The van der Waals surface area contributed by atoms with Crippen LogP contribution >= 0.6 is 0 Å². The summed E-state index contributed by atoms with van der Waals surface area (Å²) in [6.45, 7) is 0.719. The fourth-order valence-corrected chi connectivity index (χ4v) is 1.82. The summed E-state index contributed by atoms with van der Waals surface area (Å²) in [5.41, 5.74) is 2.20. The normalized spacial score (nSPS) is 9.71. The molecule has 21 heavy (non-hydrogen) atoms. The van der Waals surface area contributed by atoms with Crippen molar-refractivity contribution in [1.29, 1.82) is 5.26 Å². The smallest absolute Gasteiger partial charge is 0.337 e. The van der Waals surface area contributed by atoms with Gasteiger partial charge in [0, 0.05) is 12.7 Å². The number of nitrogens with one attached hydrogen (secondary N) is 1. The lowest BCUT2D eigenvalue weighted by Gasteiger charge is -2.06. The Hall–Kier alpha value is -2.87. The molecule has 5 nitrogen and oxygen atoms in total. The molecule has 1 heterocycles. The minimum Gasteiger partial charge on any atom is -0.465 e. The molecule has 0 saturated carbocycles. The molecule has 0 amide bonds. The molecule has 1 N–H and O–H groups in total. The van der Waals surface area contributed by atoms with Gasteiger partial charge in [-0.3, -0.25) is 0 Å². The Balaban J connectivity index is 1.85. The second-order valence-corrected chi connectivity index (χ2v) is 4.41. The quantitative estimate of drug-likeness (QED) is 0.852. The van der Waals surface area contributed by atoms with Crippen LogP contribution < -0.4 is 5.32 Å². The van der Waals surface area contributed by atoms with Crippen molar-refractivity contribution in [1.82, 2.24) is 4.98 Å². The molecular formula is C16H15N3O2. The van der Waals surface area contributed by atoms with E-state index < -0.39 is 0 Å². The molecule has 5 heteroatoms. The van der Waals surface area contributed by atoms with Gasteiger partial charge in [0.1, 0.15) is 11.9 Å². The van der Waals surface area contributed by atoms with Gasteiger partial charge >= 0.3 is 5.97 Å². The fourth-order valence-electron chi connectivity index (χ4n) is 1.82. The highest BCUT2D eigenvalue weighted by Crippen LogP contribution is 2.08. The molecule has 0 aliphatic carbocycles. The minimum absolute atomic E-state index is 0.332. The molecule has 2 rings (SSSR count). The third kappa shape index (κ3) is 4.05. The van der Waals surface area contributed by atoms with Gasteiger partial charge in [-0.25, -0.2) is 9.78 Å². The van der Waals surface area contributed by atoms with Crippen molar-refractivity contribution < 1.29 is 9.53 Å².